The second kappa shape index (κ2) is 11.3. The minimum absolute atomic E-state index is 0.297. The lowest BCUT2D eigenvalue weighted by Gasteiger charge is -2.26. The lowest BCUT2D eigenvalue weighted by molar-refractivity contribution is -0.158. The van der Waals surface area contributed by atoms with Gasteiger partial charge in [0.15, 0.2) is 0 Å². The maximum Gasteiger partial charge on any atom is 0.329 e. The van der Waals surface area contributed by atoms with E-state index in [-0.39, 0.29) is 11.5 Å². The molecule has 7 heteroatoms. The van der Waals surface area contributed by atoms with Crippen molar-refractivity contribution in [2.24, 2.45) is 11.5 Å². The highest BCUT2D eigenvalue weighted by Gasteiger charge is 2.28. The Kier molecular flexibility index (Phi) is 9.78. The molecular formula is C23H39N3O4. The van der Waals surface area contributed by atoms with Gasteiger partial charge in [0.1, 0.15) is 23.0 Å². The predicted octanol–water partition coefficient (Wildman–Crippen LogP) is 2.69. The summed E-state index contributed by atoms with van der Waals surface area (Å²) in [5, 5.41) is 2.77. The fraction of sp³-hybridized carbons (Fsp3) is 0.652. The molecule has 0 fully saturated rings. The summed E-state index contributed by atoms with van der Waals surface area (Å²) in [6.07, 6.45) is 2.38. The molecule has 30 heavy (non-hydrogen) atoms. The van der Waals surface area contributed by atoms with Gasteiger partial charge in [-0.3, -0.25) is 4.79 Å². The number of carbonyl (C=O) groups excluding carboxylic acids is 2. The van der Waals surface area contributed by atoms with Gasteiger partial charge in [0.2, 0.25) is 5.91 Å². The van der Waals surface area contributed by atoms with Gasteiger partial charge in [-0.25, -0.2) is 4.79 Å². The first-order valence-corrected chi connectivity index (χ1v) is 10.6. The van der Waals surface area contributed by atoms with Crippen LogP contribution in [-0.4, -0.2) is 41.7 Å². The van der Waals surface area contributed by atoms with Crippen LogP contribution in [0.25, 0.3) is 0 Å². The van der Waals surface area contributed by atoms with Crippen molar-refractivity contribution >= 4 is 11.9 Å². The number of nitrogens with one attached hydrogen (secondary N) is 1. The first-order chi connectivity index (χ1) is 13.8. The zero-order valence-corrected chi connectivity index (χ0v) is 19.3. The summed E-state index contributed by atoms with van der Waals surface area (Å²) < 4.78 is 11.3. The highest BCUT2D eigenvalue weighted by Crippen LogP contribution is 2.20. The molecule has 1 aromatic carbocycles. The van der Waals surface area contributed by atoms with Gasteiger partial charge in [0.05, 0.1) is 6.04 Å². The molecule has 0 aliphatic heterocycles. The van der Waals surface area contributed by atoms with Crippen LogP contribution in [-0.2, 0) is 20.7 Å². The van der Waals surface area contributed by atoms with Gasteiger partial charge in [0.25, 0.3) is 0 Å². The third-order valence-electron chi connectivity index (χ3n) is 4.10. The number of nitrogens with two attached hydrogens (primary N) is 2. The second-order valence-corrected chi connectivity index (χ2v) is 9.55. The number of esters is 1. The summed E-state index contributed by atoms with van der Waals surface area (Å²) >= 11 is 0. The third-order valence-corrected chi connectivity index (χ3v) is 4.10. The molecule has 0 bridgehead atoms. The van der Waals surface area contributed by atoms with Crippen molar-refractivity contribution in [3.8, 4) is 5.75 Å². The average Bonchev–Trinajstić information content (AvgIpc) is 2.60. The number of hydrogen-bond acceptors (Lipinski definition) is 6. The van der Waals surface area contributed by atoms with Crippen LogP contribution >= 0.6 is 0 Å². The summed E-state index contributed by atoms with van der Waals surface area (Å²) in [5.41, 5.74) is 11.4. The molecule has 7 nitrogen and oxygen atoms in total. The number of ether oxygens (including phenoxy) is 2. The Morgan fingerprint density at radius 3 is 2.10 bits per heavy atom. The van der Waals surface area contributed by atoms with E-state index in [4.69, 9.17) is 20.9 Å². The van der Waals surface area contributed by atoms with Crippen molar-refractivity contribution in [2.75, 3.05) is 6.54 Å². The molecule has 1 aromatic rings. The van der Waals surface area contributed by atoms with Crippen LogP contribution in [0.4, 0.5) is 0 Å². The predicted molar refractivity (Wildman–Crippen MR) is 119 cm³/mol. The molecular weight excluding hydrogens is 382 g/mol. The monoisotopic (exact) mass is 421 g/mol. The lowest BCUT2D eigenvalue weighted by Crippen LogP contribution is -2.50. The van der Waals surface area contributed by atoms with Crippen LogP contribution < -0.4 is 21.5 Å². The third kappa shape index (κ3) is 10.6. The van der Waals surface area contributed by atoms with E-state index in [9.17, 15) is 9.59 Å². The zero-order valence-electron chi connectivity index (χ0n) is 19.3. The number of unbranched alkanes of at least 4 members (excludes halogenated alkanes) is 1. The van der Waals surface area contributed by atoms with Gasteiger partial charge < -0.3 is 26.3 Å². The number of hydrogen-bond donors (Lipinski definition) is 3. The molecule has 0 unspecified atom stereocenters. The molecule has 2 atom stereocenters. The normalized spacial score (nSPS) is 14.0. The molecule has 0 saturated heterocycles. The molecule has 1 amide bonds. The van der Waals surface area contributed by atoms with Gasteiger partial charge in [-0.05, 0) is 78.6 Å². The Morgan fingerprint density at radius 2 is 1.60 bits per heavy atom. The summed E-state index contributed by atoms with van der Waals surface area (Å²) in [4.78, 5) is 25.2. The van der Waals surface area contributed by atoms with Crippen LogP contribution in [0.15, 0.2) is 24.3 Å². The van der Waals surface area contributed by atoms with Crippen molar-refractivity contribution in [1.82, 2.24) is 5.32 Å². The highest BCUT2D eigenvalue weighted by atomic mass is 16.6. The molecule has 0 spiro atoms. The number of rotatable bonds is 10. The maximum atomic E-state index is 12.7. The van der Waals surface area contributed by atoms with Gasteiger partial charge >= 0.3 is 5.97 Å². The van der Waals surface area contributed by atoms with Crippen molar-refractivity contribution < 1.29 is 19.1 Å². The van der Waals surface area contributed by atoms with Crippen molar-refractivity contribution in [3.05, 3.63) is 29.8 Å². The second-order valence-electron chi connectivity index (χ2n) is 9.55. The Bertz CT molecular complexity index is 675. The molecule has 1 rings (SSSR count). The largest absolute Gasteiger partial charge is 0.488 e. The Morgan fingerprint density at radius 1 is 1.00 bits per heavy atom. The quantitative estimate of drug-likeness (QED) is 0.395. The van der Waals surface area contributed by atoms with Gasteiger partial charge in [-0.15, -0.1) is 0 Å². The fourth-order valence-corrected chi connectivity index (χ4v) is 2.77. The Labute approximate surface area is 180 Å². The summed E-state index contributed by atoms with van der Waals surface area (Å²) in [6, 6.07) is 5.95. The molecule has 0 heterocycles. The van der Waals surface area contributed by atoms with E-state index < -0.39 is 23.7 Å². The Hall–Kier alpha value is -2.12. The SMILES string of the molecule is CC(C)(C)OC(=O)[C@H](Cc1ccc(OC(C)(C)C)cc1)NC(=O)[C@@H](N)CCCCN. The van der Waals surface area contributed by atoms with Gasteiger partial charge in [-0.2, -0.15) is 0 Å². The number of amides is 1. The average molecular weight is 422 g/mol. The summed E-state index contributed by atoms with van der Waals surface area (Å²) in [5.74, 6) is -0.110. The van der Waals surface area contributed by atoms with Crippen LogP contribution in [0, 0.1) is 0 Å². The van der Waals surface area contributed by atoms with E-state index in [0.29, 0.717) is 19.4 Å². The van der Waals surface area contributed by atoms with Crippen molar-refractivity contribution in [1.29, 1.82) is 0 Å². The molecule has 0 saturated carbocycles. The standard InChI is InChI=1S/C23H39N3O4/c1-22(2,3)29-17-12-10-16(11-13-17)15-19(21(28)30-23(4,5)6)26-20(27)18(25)9-7-8-14-24/h10-13,18-19H,7-9,14-15,24-25H2,1-6H3,(H,26,27)/t18-,19-/m0/s1. The zero-order chi connectivity index (χ0) is 22.9. The first-order valence-electron chi connectivity index (χ1n) is 10.6. The van der Waals surface area contributed by atoms with E-state index in [1.165, 1.54) is 0 Å². The van der Waals surface area contributed by atoms with Crippen LogP contribution in [0.2, 0.25) is 0 Å². The highest BCUT2D eigenvalue weighted by molar-refractivity contribution is 5.87. The van der Waals surface area contributed by atoms with Crippen molar-refractivity contribution in [3.63, 3.8) is 0 Å². The Balaban J connectivity index is 2.88. The van der Waals surface area contributed by atoms with E-state index >= 15 is 0 Å². The molecule has 0 radical (unpaired) electrons. The molecule has 5 N–H and O–H groups in total. The molecule has 0 aromatic heterocycles. The van der Waals surface area contributed by atoms with Gasteiger partial charge in [-0.1, -0.05) is 18.6 Å². The first kappa shape index (κ1) is 25.9. The van der Waals surface area contributed by atoms with E-state index in [1.54, 1.807) is 20.8 Å². The minimum atomic E-state index is -0.827. The summed E-state index contributed by atoms with van der Waals surface area (Å²) in [7, 11) is 0. The van der Waals surface area contributed by atoms with Crippen molar-refractivity contribution in [2.45, 2.75) is 90.5 Å². The van der Waals surface area contributed by atoms with Crippen LogP contribution in [0.3, 0.4) is 0 Å². The smallest absolute Gasteiger partial charge is 0.329 e. The topological polar surface area (TPSA) is 117 Å². The fourth-order valence-electron chi connectivity index (χ4n) is 2.77. The van der Waals surface area contributed by atoms with Gasteiger partial charge in [0, 0.05) is 6.42 Å². The van der Waals surface area contributed by atoms with E-state index in [0.717, 1.165) is 24.2 Å². The molecule has 0 aliphatic rings. The van der Waals surface area contributed by atoms with Crippen LogP contribution in [0.1, 0.15) is 66.4 Å². The molecule has 0 aliphatic carbocycles. The number of benzene rings is 1. The minimum Gasteiger partial charge on any atom is -0.488 e. The van der Waals surface area contributed by atoms with Crippen LogP contribution in [0.5, 0.6) is 5.75 Å². The van der Waals surface area contributed by atoms with E-state index in [2.05, 4.69) is 5.32 Å². The lowest BCUT2D eigenvalue weighted by atomic mass is 10.0. The maximum absolute atomic E-state index is 12.7. The number of carbonyl (C=O) groups is 2. The van der Waals surface area contributed by atoms with E-state index in [1.807, 2.05) is 45.0 Å². The molecule has 170 valence electrons. The summed E-state index contributed by atoms with van der Waals surface area (Å²) in [6.45, 7) is 11.9.